The number of carbonyl (C=O) groups is 2. The molecule has 1 heterocycles. The third kappa shape index (κ3) is 5.27. The zero-order valence-electron chi connectivity index (χ0n) is 18.0. The molecule has 0 saturated heterocycles. The van der Waals surface area contributed by atoms with Crippen LogP contribution in [0.2, 0.25) is 0 Å². The number of thioether (sulfide) groups is 1. The number of hydrogen-bond donors (Lipinski definition) is 1. The highest BCUT2D eigenvalue weighted by Gasteiger charge is 2.25. The van der Waals surface area contributed by atoms with Crippen molar-refractivity contribution in [3.63, 3.8) is 0 Å². The van der Waals surface area contributed by atoms with Crippen molar-refractivity contribution >= 4 is 29.1 Å². The predicted molar refractivity (Wildman–Crippen MR) is 126 cm³/mol. The lowest BCUT2D eigenvalue weighted by Gasteiger charge is -2.17. The Balaban J connectivity index is 1.63. The molecule has 1 amide bonds. The van der Waals surface area contributed by atoms with Gasteiger partial charge < -0.3 is 10.1 Å². The lowest BCUT2D eigenvalue weighted by molar-refractivity contribution is -0.115. The number of nitrogens with one attached hydrogen (secondary N) is 1. The second kappa shape index (κ2) is 10.1. The Labute approximate surface area is 195 Å². The number of nitrogens with zero attached hydrogens (tertiary/aromatic N) is 4. The van der Waals surface area contributed by atoms with Crippen LogP contribution in [0.1, 0.15) is 28.1 Å². The molecule has 4 aromatic rings. The highest BCUT2D eigenvalue weighted by atomic mass is 32.2. The van der Waals surface area contributed by atoms with E-state index in [1.165, 1.54) is 18.7 Å². The molecule has 0 fully saturated rings. The van der Waals surface area contributed by atoms with Crippen molar-refractivity contribution in [3.8, 4) is 11.4 Å². The molecule has 0 spiro atoms. The molecule has 33 heavy (non-hydrogen) atoms. The Hall–Kier alpha value is -3.98. The van der Waals surface area contributed by atoms with Gasteiger partial charge in [0.15, 0.2) is 5.78 Å². The number of benzene rings is 3. The Morgan fingerprint density at radius 2 is 1.76 bits per heavy atom. The fraction of sp³-hybridized carbons (Fsp3) is 0.125. The van der Waals surface area contributed by atoms with Gasteiger partial charge in [0, 0.05) is 11.3 Å². The number of ketones is 1. The Morgan fingerprint density at radius 1 is 1.00 bits per heavy atom. The van der Waals surface area contributed by atoms with Gasteiger partial charge in [-0.25, -0.2) is 0 Å². The third-order valence-electron chi connectivity index (χ3n) is 4.86. The lowest BCUT2D eigenvalue weighted by Crippen LogP contribution is -2.19. The number of tetrazole rings is 1. The molecule has 3 aromatic carbocycles. The molecule has 0 aliphatic heterocycles. The van der Waals surface area contributed by atoms with E-state index in [9.17, 15) is 9.59 Å². The van der Waals surface area contributed by atoms with Crippen LogP contribution in [0.5, 0.6) is 5.75 Å². The van der Waals surface area contributed by atoms with Crippen LogP contribution in [0.3, 0.4) is 0 Å². The Kier molecular flexibility index (Phi) is 6.80. The van der Waals surface area contributed by atoms with Crippen molar-refractivity contribution in [2.24, 2.45) is 0 Å². The van der Waals surface area contributed by atoms with Crippen LogP contribution in [-0.2, 0) is 4.79 Å². The molecule has 1 N–H and O–H groups in total. The van der Waals surface area contributed by atoms with Gasteiger partial charge in [-0.15, -0.1) is 5.10 Å². The molecule has 0 bridgehead atoms. The summed E-state index contributed by atoms with van der Waals surface area (Å²) < 4.78 is 6.78. The van der Waals surface area contributed by atoms with E-state index in [-0.39, 0.29) is 11.7 Å². The molecule has 166 valence electrons. The van der Waals surface area contributed by atoms with E-state index in [4.69, 9.17) is 4.74 Å². The van der Waals surface area contributed by atoms with Gasteiger partial charge in [0.25, 0.3) is 0 Å². The minimum atomic E-state index is -0.629. The number of Topliss-reactive ketones (excluding diaryl/α,β-unsaturated/α-hetero) is 1. The highest BCUT2D eigenvalue weighted by Crippen LogP contribution is 2.36. The Morgan fingerprint density at radius 3 is 2.45 bits per heavy atom. The third-order valence-corrected chi connectivity index (χ3v) is 6.05. The molecule has 9 heteroatoms. The SMILES string of the molecule is COc1ccc(-n2nnnc2SC(C(=O)Nc2cccc(C(C)=O)c2)c2ccccc2)cc1. The molecule has 8 nitrogen and oxygen atoms in total. The molecule has 4 rings (SSSR count). The summed E-state index contributed by atoms with van der Waals surface area (Å²) in [6.07, 6.45) is 0. The summed E-state index contributed by atoms with van der Waals surface area (Å²) in [5.74, 6) is 0.394. The number of carbonyl (C=O) groups excluding carboxylic acids is 2. The van der Waals surface area contributed by atoms with Crippen LogP contribution in [0.25, 0.3) is 5.69 Å². The van der Waals surface area contributed by atoms with E-state index < -0.39 is 5.25 Å². The number of hydrogen-bond acceptors (Lipinski definition) is 7. The molecule has 0 saturated carbocycles. The van der Waals surface area contributed by atoms with E-state index in [1.54, 1.807) is 36.1 Å². The number of methoxy groups -OCH3 is 1. The summed E-state index contributed by atoms with van der Waals surface area (Å²) in [6.45, 7) is 1.49. The summed E-state index contributed by atoms with van der Waals surface area (Å²) >= 11 is 1.23. The first-order valence-electron chi connectivity index (χ1n) is 10.1. The molecular formula is C24H21N5O3S. The van der Waals surface area contributed by atoms with Gasteiger partial charge in [-0.2, -0.15) is 4.68 Å². The first-order chi connectivity index (χ1) is 16.0. The van der Waals surface area contributed by atoms with Crippen LogP contribution in [0, 0.1) is 0 Å². The summed E-state index contributed by atoms with van der Waals surface area (Å²) in [4.78, 5) is 25.1. The monoisotopic (exact) mass is 459 g/mol. The van der Waals surface area contributed by atoms with Gasteiger partial charge in [0.05, 0.1) is 12.8 Å². The van der Waals surface area contributed by atoms with Crippen LogP contribution in [-0.4, -0.2) is 39.0 Å². The van der Waals surface area contributed by atoms with Crippen LogP contribution >= 0.6 is 11.8 Å². The second-order valence-corrected chi connectivity index (χ2v) is 8.18. The number of anilines is 1. The molecule has 1 aromatic heterocycles. The van der Waals surface area contributed by atoms with Crippen molar-refractivity contribution in [1.82, 2.24) is 20.2 Å². The van der Waals surface area contributed by atoms with Gasteiger partial charge in [0.2, 0.25) is 11.1 Å². The zero-order chi connectivity index (χ0) is 23.2. The van der Waals surface area contributed by atoms with Crippen molar-refractivity contribution in [3.05, 3.63) is 90.0 Å². The molecule has 1 atom stereocenters. The topological polar surface area (TPSA) is 99.0 Å². The standard InChI is InChI=1S/C24H21N5O3S/c1-16(30)18-9-6-10-19(15-18)25-23(31)22(17-7-4-3-5-8-17)33-24-26-27-28-29(24)20-11-13-21(32-2)14-12-20/h3-15,22H,1-2H3,(H,25,31). The lowest BCUT2D eigenvalue weighted by atomic mass is 10.1. The van der Waals surface area contributed by atoms with Crippen molar-refractivity contribution in [2.75, 3.05) is 12.4 Å². The second-order valence-electron chi connectivity index (χ2n) is 7.11. The minimum Gasteiger partial charge on any atom is -0.497 e. The van der Waals surface area contributed by atoms with Crippen LogP contribution < -0.4 is 10.1 Å². The zero-order valence-corrected chi connectivity index (χ0v) is 18.8. The highest BCUT2D eigenvalue weighted by molar-refractivity contribution is 8.00. The molecule has 0 radical (unpaired) electrons. The summed E-state index contributed by atoms with van der Waals surface area (Å²) in [5.41, 5.74) is 2.61. The van der Waals surface area contributed by atoms with Gasteiger partial charge >= 0.3 is 0 Å². The fourth-order valence-electron chi connectivity index (χ4n) is 3.17. The largest absolute Gasteiger partial charge is 0.497 e. The maximum absolute atomic E-state index is 13.3. The fourth-order valence-corrected chi connectivity index (χ4v) is 4.16. The first kappa shape index (κ1) is 22.2. The van der Waals surface area contributed by atoms with Crippen LogP contribution in [0.4, 0.5) is 5.69 Å². The minimum absolute atomic E-state index is 0.0706. The van der Waals surface area contributed by atoms with Crippen molar-refractivity contribution in [1.29, 1.82) is 0 Å². The number of amides is 1. The van der Waals surface area contributed by atoms with E-state index in [1.807, 2.05) is 54.6 Å². The van der Waals surface area contributed by atoms with Gasteiger partial charge in [-0.1, -0.05) is 54.2 Å². The van der Waals surface area contributed by atoms with E-state index in [0.717, 1.165) is 17.0 Å². The van der Waals surface area contributed by atoms with E-state index in [0.29, 0.717) is 16.4 Å². The van der Waals surface area contributed by atoms with E-state index >= 15 is 0 Å². The number of ether oxygens (including phenoxy) is 1. The van der Waals surface area contributed by atoms with Crippen LogP contribution in [0.15, 0.2) is 84.0 Å². The predicted octanol–water partition coefficient (Wildman–Crippen LogP) is 4.35. The maximum atomic E-state index is 13.3. The van der Waals surface area contributed by atoms with Gasteiger partial charge in [0.1, 0.15) is 11.0 Å². The molecule has 0 aliphatic carbocycles. The molecule has 0 aliphatic rings. The maximum Gasteiger partial charge on any atom is 0.242 e. The average molecular weight is 460 g/mol. The molecule has 1 unspecified atom stereocenters. The summed E-state index contributed by atoms with van der Waals surface area (Å²) in [7, 11) is 1.60. The quantitative estimate of drug-likeness (QED) is 0.309. The van der Waals surface area contributed by atoms with Gasteiger partial charge in [-0.05, 0) is 59.3 Å². The number of aromatic nitrogens is 4. The van der Waals surface area contributed by atoms with E-state index in [2.05, 4.69) is 20.8 Å². The molecular weight excluding hydrogens is 438 g/mol. The Bertz CT molecular complexity index is 1260. The normalized spacial score (nSPS) is 11.6. The average Bonchev–Trinajstić information content (AvgIpc) is 3.31. The van der Waals surface area contributed by atoms with Gasteiger partial charge in [-0.3, -0.25) is 9.59 Å². The smallest absolute Gasteiger partial charge is 0.242 e. The van der Waals surface area contributed by atoms with Crippen molar-refractivity contribution in [2.45, 2.75) is 17.3 Å². The van der Waals surface area contributed by atoms with Crippen molar-refractivity contribution < 1.29 is 14.3 Å². The summed E-state index contributed by atoms with van der Waals surface area (Å²) in [6, 6.07) is 23.6. The first-order valence-corrected chi connectivity index (χ1v) is 11.0. The summed E-state index contributed by atoms with van der Waals surface area (Å²) in [5, 5.41) is 14.8. The number of rotatable bonds is 8.